The molecule has 1 heterocycles. The molecule has 1 N–H and O–H groups in total. The van der Waals surface area contributed by atoms with Crippen LogP contribution in [0.15, 0.2) is 12.1 Å². The minimum absolute atomic E-state index is 0.0383. The van der Waals surface area contributed by atoms with Crippen molar-refractivity contribution in [1.29, 1.82) is 0 Å². The van der Waals surface area contributed by atoms with Crippen molar-refractivity contribution in [3.63, 3.8) is 0 Å². The second-order valence-electron chi connectivity index (χ2n) is 6.39. The van der Waals surface area contributed by atoms with Gasteiger partial charge >= 0.3 is 0 Å². The van der Waals surface area contributed by atoms with E-state index in [9.17, 15) is 5.11 Å². The average Bonchev–Trinajstić information content (AvgIpc) is 2.47. The Morgan fingerprint density at radius 2 is 1.95 bits per heavy atom. The molecule has 0 radical (unpaired) electrons. The number of allylic oxidation sites excluding steroid dienone is 1. The molecule has 0 bridgehead atoms. The molecule has 0 saturated carbocycles. The predicted molar refractivity (Wildman–Crippen MR) is 93.6 cm³/mol. The molecule has 1 aromatic heterocycles. The summed E-state index contributed by atoms with van der Waals surface area (Å²) in [6, 6.07) is 2.11. The van der Waals surface area contributed by atoms with Crippen LogP contribution in [0.25, 0.3) is 5.57 Å². The van der Waals surface area contributed by atoms with E-state index < -0.39 is 0 Å². The molecule has 0 aliphatic rings. The molecule has 0 saturated heterocycles. The summed E-state index contributed by atoms with van der Waals surface area (Å²) in [6.45, 7) is 13.5. The molecule has 22 heavy (non-hydrogen) atoms. The molecule has 1 aromatic rings. The summed E-state index contributed by atoms with van der Waals surface area (Å²) < 4.78 is 6.09. The number of ether oxygens (including phenoxy) is 1. The Labute approximate surface area is 135 Å². The zero-order valence-electron chi connectivity index (χ0n) is 14.9. The van der Waals surface area contributed by atoms with Crippen molar-refractivity contribution in [2.24, 2.45) is 0 Å². The Morgan fingerprint density at radius 1 is 1.27 bits per heavy atom. The zero-order valence-corrected chi connectivity index (χ0v) is 14.9. The second-order valence-corrected chi connectivity index (χ2v) is 6.39. The number of pyridine rings is 1. The van der Waals surface area contributed by atoms with Gasteiger partial charge in [-0.15, -0.1) is 0 Å². The van der Waals surface area contributed by atoms with Gasteiger partial charge < -0.3 is 9.84 Å². The molecule has 1 rings (SSSR count). The molecule has 0 aliphatic heterocycles. The van der Waals surface area contributed by atoms with Gasteiger partial charge in [0.1, 0.15) is 5.75 Å². The van der Waals surface area contributed by atoms with Crippen molar-refractivity contribution in [1.82, 2.24) is 4.98 Å². The molecule has 0 amide bonds. The molecule has 3 heteroatoms. The number of nitrogens with zero attached hydrogens (tertiary/aromatic N) is 1. The van der Waals surface area contributed by atoms with E-state index in [0.717, 1.165) is 41.1 Å². The fraction of sp³-hybridized carbons (Fsp3) is 0.632. The molecule has 0 aromatic carbocycles. The van der Waals surface area contributed by atoms with Gasteiger partial charge in [-0.3, -0.25) is 4.98 Å². The zero-order chi connectivity index (χ0) is 16.7. The van der Waals surface area contributed by atoms with Crippen LogP contribution >= 0.6 is 0 Å². The maximum Gasteiger partial charge on any atom is 0.148 e. The van der Waals surface area contributed by atoms with Gasteiger partial charge in [0.05, 0.1) is 18.9 Å². The van der Waals surface area contributed by atoms with Crippen LogP contribution < -0.4 is 4.74 Å². The van der Waals surface area contributed by atoms with Crippen molar-refractivity contribution in [3.8, 4) is 5.75 Å². The molecule has 0 spiro atoms. The Morgan fingerprint density at radius 3 is 2.45 bits per heavy atom. The van der Waals surface area contributed by atoms with Crippen LogP contribution in [0.1, 0.15) is 83.2 Å². The fourth-order valence-electron chi connectivity index (χ4n) is 2.27. The predicted octanol–water partition coefficient (Wildman–Crippen LogP) is 4.90. The summed E-state index contributed by atoms with van der Waals surface area (Å²) in [6.07, 6.45) is 3.97. The highest BCUT2D eigenvalue weighted by atomic mass is 16.5. The monoisotopic (exact) mass is 305 g/mol. The van der Waals surface area contributed by atoms with E-state index in [1.165, 1.54) is 0 Å². The Hall–Kier alpha value is -1.35. The smallest absolute Gasteiger partial charge is 0.148 e. The maximum atomic E-state index is 9.23. The number of unbranched alkanes of at least 4 members (excludes halogenated alkanes) is 1. The van der Waals surface area contributed by atoms with Crippen LogP contribution in [-0.4, -0.2) is 23.3 Å². The normalized spacial score (nSPS) is 12.3. The number of aromatic nitrogens is 1. The second kappa shape index (κ2) is 8.94. The van der Waals surface area contributed by atoms with Gasteiger partial charge in [-0.25, -0.2) is 0 Å². The summed E-state index contributed by atoms with van der Waals surface area (Å²) >= 11 is 0. The van der Waals surface area contributed by atoms with Crippen LogP contribution in [0.2, 0.25) is 0 Å². The lowest BCUT2D eigenvalue weighted by molar-refractivity contribution is 0.302. The van der Waals surface area contributed by atoms with Crippen molar-refractivity contribution >= 4 is 5.57 Å². The summed E-state index contributed by atoms with van der Waals surface area (Å²) in [5.74, 6) is 1.55. The van der Waals surface area contributed by atoms with Gasteiger partial charge in [0.25, 0.3) is 0 Å². The van der Waals surface area contributed by atoms with E-state index in [-0.39, 0.29) is 6.61 Å². The van der Waals surface area contributed by atoms with Crippen LogP contribution in [0, 0.1) is 0 Å². The first-order valence-corrected chi connectivity index (χ1v) is 8.37. The van der Waals surface area contributed by atoms with Crippen molar-refractivity contribution in [2.75, 3.05) is 13.2 Å². The fourth-order valence-corrected chi connectivity index (χ4v) is 2.27. The van der Waals surface area contributed by atoms with Crippen molar-refractivity contribution < 1.29 is 9.84 Å². The minimum Gasteiger partial charge on any atom is -0.491 e. The highest BCUT2D eigenvalue weighted by molar-refractivity contribution is 5.70. The van der Waals surface area contributed by atoms with Crippen molar-refractivity contribution in [3.05, 3.63) is 29.1 Å². The van der Waals surface area contributed by atoms with Gasteiger partial charge in [-0.05, 0) is 36.8 Å². The summed E-state index contributed by atoms with van der Waals surface area (Å²) in [4.78, 5) is 4.84. The molecule has 0 fully saturated rings. The van der Waals surface area contributed by atoms with Gasteiger partial charge in [-0.1, -0.05) is 47.1 Å². The molecule has 124 valence electrons. The van der Waals surface area contributed by atoms with E-state index in [0.29, 0.717) is 18.4 Å². The van der Waals surface area contributed by atoms with Gasteiger partial charge in [-0.2, -0.15) is 0 Å². The van der Waals surface area contributed by atoms with Crippen LogP contribution in [-0.2, 0) is 0 Å². The largest absolute Gasteiger partial charge is 0.491 e. The van der Waals surface area contributed by atoms with Gasteiger partial charge in [0.15, 0.2) is 0 Å². The van der Waals surface area contributed by atoms with Crippen LogP contribution in [0.5, 0.6) is 5.75 Å². The summed E-state index contributed by atoms with van der Waals surface area (Å²) in [5.41, 5.74) is 4.20. The summed E-state index contributed by atoms with van der Waals surface area (Å²) in [5, 5.41) is 9.23. The highest BCUT2D eigenvalue weighted by Gasteiger charge is 2.19. The third kappa shape index (κ3) is 4.84. The van der Waals surface area contributed by atoms with E-state index >= 15 is 0 Å². The lowest BCUT2D eigenvalue weighted by atomic mass is 9.97. The Kier molecular flexibility index (Phi) is 7.60. The number of hydrogen-bond donors (Lipinski definition) is 1. The topological polar surface area (TPSA) is 42.4 Å². The standard InChI is InChI=1S/C19H31NO2/c1-7-8-11-22-19-16(15(6)9-10-21)12-17(13(2)3)20-18(19)14(4)5/h9,12-14,21H,7-8,10-11H2,1-6H3. The number of hydrogen-bond acceptors (Lipinski definition) is 3. The minimum atomic E-state index is 0.0383. The Bertz CT molecular complexity index is 504. The van der Waals surface area contributed by atoms with E-state index in [1.54, 1.807) is 0 Å². The molecular weight excluding hydrogens is 274 g/mol. The third-order valence-corrected chi connectivity index (χ3v) is 3.72. The lowest BCUT2D eigenvalue weighted by Gasteiger charge is -2.20. The first-order valence-electron chi connectivity index (χ1n) is 8.37. The first kappa shape index (κ1) is 18.7. The molecule has 3 nitrogen and oxygen atoms in total. The number of rotatable bonds is 8. The van der Waals surface area contributed by atoms with E-state index in [4.69, 9.17) is 9.72 Å². The lowest BCUT2D eigenvalue weighted by Crippen LogP contribution is -2.09. The molecule has 0 unspecified atom stereocenters. The Balaban J connectivity index is 3.41. The summed E-state index contributed by atoms with van der Waals surface area (Å²) in [7, 11) is 0. The number of aliphatic hydroxyl groups is 1. The highest BCUT2D eigenvalue weighted by Crippen LogP contribution is 2.35. The molecule has 0 atom stereocenters. The number of aliphatic hydroxyl groups excluding tert-OH is 1. The molecule has 0 aliphatic carbocycles. The SMILES string of the molecule is CCCCOc1c(C(C)=CCO)cc(C(C)C)nc1C(C)C. The van der Waals surface area contributed by atoms with Crippen LogP contribution in [0.3, 0.4) is 0 Å². The van der Waals surface area contributed by atoms with E-state index in [1.807, 2.05) is 13.0 Å². The van der Waals surface area contributed by atoms with E-state index in [2.05, 4.69) is 40.7 Å². The quantitative estimate of drug-likeness (QED) is 0.694. The van der Waals surface area contributed by atoms with Crippen LogP contribution in [0.4, 0.5) is 0 Å². The van der Waals surface area contributed by atoms with Gasteiger partial charge in [0.2, 0.25) is 0 Å². The average molecular weight is 305 g/mol. The first-order chi connectivity index (χ1) is 10.4. The maximum absolute atomic E-state index is 9.23. The molecular formula is C19H31NO2. The third-order valence-electron chi connectivity index (χ3n) is 3.72. The van der Waals surface area contributed by atoms with Gasteiger partial charge in [0, 0.05) is 11.3 Å². The van der Waals surface area contributed by atoms with Crippen molar-refractivity contribution in [2.45, 2.75) is 66.2 Å².